The molecule has 0 aliphatic heterocycles. The van der Waals surface area contributed by atoms with Gasteiger partial charge in [-0.3, -0.25) is 9.36 Å². The maximum absolute atomic E-state index is 12.1. The van der Waals surface area contributed by atoms with Crippen LogP contribution in [-0.4, -0.2) is 29.1 Å². The van der Waals surface area contributed by atoms with Crippen molar-refractivity contribution in [3.8, 4) is 5.75 Å². The standard InChI is InChI=1S/C14H20N4O2/c1-4-7-16-13(19)9(2)18-12-8-10(20-3)5-6-11(12)17-14(18)15/h5-6,8-9H,4,7H2,1-3H3,(H2,15,17)(H,16,19). The Kier molecular flexibility index (Phi) is 4.12. The number of benzene rings is 1. The van der Waals surface area contributed by atoms with E-state index in [2.05, 4.69) is 10.3 Å². The second kappa shape index (κ2) is 5.81. The van der Waals surface area contributed by atoms with Crippen LogP contribution in [0.1, 0.15) is 26.3 Å². The Morgan fingerprint density at radius 1 is 1.55 bits per heavy atom. The molecule has 0 bridgehead atoms. The number of nitrogens with two attached hydrogens (primary N) is 1. The number of ether oxygens (including phenoxy) is 1. The molecule has 1 heterocycles. The number of nitrogen functional groups attached to an aromatic ring is 1. The lowest BCUT2D eigenvalue weighted by molar-refractivity contribution is -0.123. The predicted molar refractivity (Wildman–Crippen MR) is 78.7 cm³/mol. The van der Waals surface area contributed by atoms with Crippen molar-refractivity contribution in [1.82, 2.24) is 14.9 Å². The number of fused-ring (bicyclic) bond motifs is 1. The molecule has 0 saturated heterocycles. The summed E-state index contributed by atoms with van der Waals surface area (Å²) in [5, 5.41) is 2.87. The van der Waals surface area contributed by atoms with Gasteiger partial charge in [0.15, 0.2) is 0 Å². The Bertz CT molecular complexity index is 621. The molecule has 0 spiro atoms. The van der Waals surface area contributed by atoms with Gasteiger partial charge in [0.2, 0.25) is 11.9 Å². The highest BCUT2D eigenvalue weighted by Crippen LogP contribution is 2.26. The number of amides is 1. The maximum atomic E-state index is 12.1. The normalized spacial score (nSPS) is 12.3. The number of methoxy groups -OCH3 is 1. The number of carbonyl (C=O) groups is 1. The first-order valence-corrected chi connectivity index (χ1v) is 6.67. The zero-order valence-electron chi connectivity index (χ0n) is 12.0. The van der Waals surface area contributed by atoms with Gasteiger partial charge in [-0.15, -0.1) is 0 Å². The van der Waals surface area contributed by atoms with Crippen molar-refractivity contribution in [2.24, 2.45) is 0 Å². The van der Waals surface area contributed by atoms with Gasteiger partial charge in [-0.1, -0.05) is 6.92 Å². The highest BCUT2D eigenvalue weighted by Gasteiger charge is 2.20. The smallest absolute Gasteiger partial charge is 0.242 e. The third kappa shape index (κ3) is 2.54. The average molecular weight is 276 g/mol. The number of nitrogens with one attached hydrogen (secondary N) is 1. The van der Waals surface area contributed by atoms with E-state index in [0.717, 1.165) is 17.5 Å². The maximum Gasteiger partial charge on any atom is 0.242 e. The van der Waals surface area contributed by atoms with Gasteiger partial charge in [-0.05, 0) is 25.5 Å². The van der Waals surface area contributed by atoms with Gasteiger partial charge in [0, 0.05) is 12.6 Å². The average Bonchev–Trinajstić information content (AvgIpc) is 2.78. The number of aromatic nitrogens is 2. The first kappa shape index (κ1) is 14.2. The predicted octanol–water partition coefficient (Wildman–Crippen LogP) is 1.71. The molecule has 1 unspecified atom stereocenters. The largest absolute Gasteiger partial charge is 0.497 e. The van der Waals surface area contributed by atoms with Crippen LogP contribution in [0.3, 0.4) is 0 Å². The zero-order chi connectivity index (χ0) is 14.7. The van der Waals surface area contributed by atoms with Crippen LogP contribution in [0.15, 0.2) is 18.2 Å². The molecular weight excluding hydrogens is 256 g/mol. The van der Waals surface area contributed by atoms with E-state index >= 15 is 0 Å². The molecular formula is C14H20N4O2. The monoisotopic (exact) mass is 276 g/mol. The molecule has 1 atom stereocenters. The zero-order valence-corrected chi connectivity index (χ0v) is 12.0. The lowest BCUT2D eigenvalue weighted by atomic mass is 10.2. The topological polar surface area (TPSA) is 82.2 Å². The molecule has 1 aromatic carbocycles. The molecule has 0 aliphatic rings. The first-order valence-electron chi connectivity index (χ1n) is 6.67. The molecule has 0 fully saturated rings. The Morgan fingerprint density at radius 3 is 2.95 bits per heavy atom. The summed E-state index contributed by atoms with van der Waals surface area (Å²) in [6.45, 7) is 4.47. The van der Waals surface area contributed by atoms with E-state index in [-0.39, 0.29) is 5.91 Å². The number of rotatable bonds is 5. The quantitative estimate of drug-likeness (QED) is 0.871. The summed E-state index contributed by atoms with van der Waals surface area (Å²) in [5.74, 6) is 0.966. The van der Waals surface area contributed by atoms with Gasteiger partial charge in [-0.25, -0.2) is 4.98 Å². The van der Waals surface area contributed by atoms with Crippen molar-refractivity contribution in [2.75, 3.05) is 19.4 Å². The molecule has 0 aliphatic carbocycles. The van der Waals surface area contributed by atoms with Gasteiger partial charge in [0.05, 0.1) is 18.1 Å². The molecule has 0 saturated carbocycles. The minimum Gasteiger partial charge on any atom is -0.497 e. The van der Waals surface area contributed by atoms with E-state index in [9.17, 15) is 4.79 Å². The Morgan fingerprint density at radius 2 is 2.30 bits per heavy atom. The third-order valence-corrected chi connectivity index (χ3v) is 3.24. The van der Waals surface area contributed by atoms with Gasteiger partial charge in [0.1, 0.15) is 11.8 Å². The van der Waals surface area contributed by atoms with Gasteiger partial charge in [-0.2, -0.15) is 0 Å². The molecule has 6 nitrogen and oxygen atoms in total. The number of hydrogen-bond acceptors (Lipinski definition) is 4. The Balaban J connectivity index is 2.41. The van der Waals surface area contributed by atoms with Crippen LogP contribution in [0.25, 0.3) is 11.0 Å². The Labute approximate surface area is 117 Å². The summed E-state index contributed by atoms with van der Waals surface area (Å²) >= 11 is 0. The van der Waals surface area contributed by atoms with Crippen LogP contribution in [0, 0.1) is 0 Å². The minimum absolute atomic E-state index is 0.0688. The fourth-order valence-corrected chi connectivity index (χ4v) is 2.14. The summed E-state index contributed by atoms with van der Waals surface area (Å²) < 4.78 is 6.93. The van der Waals surface area contributed by atoms with Crippen LogP contribution in [-0.2, 0) is 4.79 Å². The molecule has 20 heavy (non-hydrogen) atoms. The summed E-state index contributed by atoms with van der Waals surface area (Å²) in [6, 6.07) is 5.07. The van der Waals surface area contributed by atoms with Crippen molar-refractivity contribution in [1.29, 1.82) is 0 Å². The second-order valence-corrected chi connectivity index (χ2v) is 4.66. The summed E-state index contributed by atoms with van der Waals surface area (Å²) in [5.41, 5.74) is 7.48. The number of carbonyl (C=O) groups excluding carboxylic acids is 1. The van der Waals surface area contributed by atoms with Gasteiger partial charge in [0.25, 0.3) is 0 Å². The van der Waals surface area contributed by atoms with Crippen molar-refractivity contribution in [2.45, 2.75) is 26.3 Å². The molecule has 6 heteroatoms. The van der Waals surface area contributed by atoms with Crippen molar-refractivity contribution in [3.05, 3.63) is 18.2 Å². The van der Waals surface area contributed by atoms with E-state index in [1.165, 1.54) is 0 Å². The summed E-state index contributed by atoms with van der Waals surface area (Å²) in [7, 11) is 1.60. The lowest BCUT2D eigenvalue weighted by Crippen LogP contribution is -2.31. The van der Waals surface area contributed by atoms with Crippen LogP contribution in [0.4, 0.5) is 5.95 Å². The fourth-order valence-electron chi connectivity index (χ4n) is 2.14. The molecule has 2 rings (SSSR count). The minimum atomic E-state index is -0.418. The second-order valence-electron chi connectivity index (χ2n) is 4.66. The number of anilines is 1. The van der Waals surface area contributed by atoms with Gasteiger partial charge < -0.3 is 15.8 Å². The van der Waals surface area contributed by atoms with E-state index < -0.39 is 6.04 Å². The van der Waals surface area contributed by atoms with Crippen molar-refractivity contribution in [3.63, 3.8) is 0 Å². The van der Waals surface area contributed by atoms with Gasteiger partial charge >= 0.3 is 0 Å². The van der Waals surface area contributed by atoms with E-state index in [1.54, 1.807) is 11.7 Å². The molecule has 108 valence electrons. The van der Waals surface area contributed by atoms with Crippen molar-refractivity contribution < 1.29 is 9.53 Å². The summed E-state index contributed by atoms with van der Waals surface area (Å²) in [4.78, 5) is 16.4. The van der Waals surface area contributed by atoms with Crippen LogP contribution >= 0.6 is 0 Å². The van der Waals surface area contributed by atoms with Crippen LogP contribution in [0.2, 0.25) is 0 Å². The van der Waals surface area contributed by atoms with Crippen LogP contribution < -0.4 is 15.8 Å². The Hall–Kier alpha value is -2.24. The lowest BCUT2D eigenvalue weighted by Gasteiger charge is -2.15. The third-order valence-electron chi connectivity index (χ3n) is 3.24. The highest BCUT2D eigenvalue weighted by molar-refractivity contribution is 5.86. The molecule has 2 aromatic rings. The number of imidazole rings is 1. The van der Waals surface area contributed by atoms with E-state index in [4.69, 9.17) is 10.5 Å². The van der Waals surface area contributed by atoms with E-state index in [0.29, 0.717) is 18.2 Å². The summed E-state index contributed by atoms with van der Waals surface area (Å²) in [6.07, 6.45) is 0.895. The molecule has 0 radical (unpaired) electrons. The molecule has 1 amide bonds. The molecule has 1 aromatic heterocycles. The number of nitrogens with zero attached hydrogens (tertiary/aromatic N) is 2. The van der Waals surface area contributed by atoms with Crippen LogP contribution in [0.5, 0.6) is 5.75 Å². The fraction of sp³-hybridized carbons (Fsp3) is 0.429. The number of hydrogen-bond donors (Lipinski definition) is 2. The first-order chi connectivity index (χ1) is 9.58. The SMILES string of the molecule is CCCNC(=O)C(C)n1c(N)nc2ccc(OC)cc21. The molecule has 3 N–H and O–H groups in total. The highest BCUT2D eigenvalue weighted by atomic mass is 16.5. The van der Waals surface area contributed by atoms with Crippen molar-refractivity contribution >= 4 is 22.9 Å². The van der Waals surface area contributed by atoms with E-state index in [1.807, 2.05) is 32.0 Å².